The summed E-state index contributed by atoms with van der Waals surface area (Å²) < 4.78 is 4.87. The number of hydrogen-bond acceptors (Lipinski definition) is 5. The summed E-state index contributed by atoms with van der Waals surface area (Å²) in [5.74, 6) is 0.623. The molecule has 1 fully saturated rings. The molecule has 0 aromatic carbocycles. The van der Waals surface area contributed by atoms with E-state index in [0.29, 0.717) is 31.8 Å². The van der Waals surface area contributed by atoms with E-state index in [-0.39, 0.29) is 11.3 Å². The summed E-state index contributed by atoms with van der Waals surface area (Å²) in [6, 6.07) is 0. The molecule has 0 aliphatic heterocycles. The van der Waals surface area contributed by atoms with E-state index in [2.05, 4.69) is 15.5 Å². The standard InChI is InChI=1S/C13H22N4O2/c14-9-13(5-2-1-3-6-13)8-11(18)15-7-4-12-16-10-17-19-12/h10H,1-9,14H2,(H,15,18). The van der Waals surface area contributed by atoms with Gasteiger partial charge in [-0.25, -0.2) is 0 Å². The number of amides is 1. The minimum absolute atomic E-state index is 0.0207. The van der Waals surface area contributed by atoms with Crippen LogP contribution in [0.5, 0.6) is 0 Å². The van der Waals surface area contributed by atoms with Crippen LogP contribution in [0.4, 0.5) is 0 Å². The Morgan fingerprint density at radius 2 is 2.21 bits per heavy atom. The lowest BCUT2D eigenvalue weighted by Crippen LogP contribution is -2.39. The van der Waals surface area contributed by atoms with Crippen molar-refractivity contribution < 1.29 is 9.32 Å². The first kappa shape index (κ1) is 14.0. The topological polar surface area (TPSA) is 94.0 Å². The number of nitrogens with zero attached hydrogens (tertiary/aromatic N) is 2. The first-order valence-electron chi connectivity index (χ1n) is 6.96. The second kappa shape index (κ2) is 6.65. The predicted molar refractivity (Wildman–Crippen MR) is 70.2 cm³/mol. The van der Waals surface area contributed by atoms with Crippen molar-refractivity contribution in [1.29, 1.82) is 0 Å². The fourth-order valence-corrected chi connectivity index (χ4v) is 2.77. The maximum atomic E-state index is 12.0. The molecule has 19 heavy (non-hydrogen) atoms. The molecular weight excluding hydrogens is 244 g/mol. The van der Waals surface area contributed by atoms with Crippen LogP contribution in [-0.2, 0) is 11.2 Å². The zero-order chi connectivity index (χ0) is 13.6. The fourth-order valence-electron chi connectivity index (χ4n) is 2.77. The minimum Gasteiger partial charge on any atom is -0.356 e. The number of aromatic nitrogens is 2. The lowest BCUT2D eigenvalue weighted by molar-refractivity contribution is -0.123. The van der Waals surface area contributed by atoms with E-state index in [1.54, 1.807) is 0 Å². The smallest absolute Gasteiger partial charge is 0.228 e. The van der Waals surface area contributed by atoms with Crippen LogP contribution < -0.4 is 11.1 Å². The van der Waals surface area contributed by atoms with E-state index in [0.717, 1.165) is 12.8 Å². The summed E-state index contributed by atoms with van der Waals surface area (Å²) in [6.07, 6.45) is 8.25. The molecule has 0 saturated heterocycles. The quantitative estimate of drug-likeness (QED) is 0.802. The maximum Gasteiger partial charge on any atom is 0.228 e. The van der Waals surface area contributed by atoms with E-state index in [1.807, 2.05) is 0 Å². The molecular formula is C13H22N4O2. The third-order valence-electron chi connectivity index (χ3n) is 3.95. The Labute approximate surface area is 113 Å². The third kappa shape index (κ3) is 4.02. The monoisotopic (exact) mass is 266 g/mol. The van der Waals surface area contributed by atoms with Crippen LogP contribution in [-0.4, -0.2) is 29.1 Å². The van der Waals surface area contributed by atoms with Crippen molar-refractivity contribution in [2.45, 2.75) is 44.9 Å². The first-order valence-corrected chi connectivity index (χ1v) is 6.96. The van der Waals surface area contributed by atoms with E-state index < -0.39 is 0 Å². The molecule has 0 unspecified atom stereocenters. The third-order valence-corrected chi connectivity index (χ3v) is 3.95. The number of nitrogens with two attached hydrogens (primary N) is 1. The molecule has 0 radical (unpaired) electrons. The molecule has 106 valence electrons. The van der Waals surface area contributed by atoms with Crippen molar-refractivity contribution in [1.82, 2.24) is 15.5 Å². The van der Waals surface area contributed by atoms with Crippen molar-refractivity contribution in [3.8, 4) is 0 Å². The van der Waals surface area contributed by atoms with Crippen molar-refractivity contribution in [3.05, 3.63) is 12.2 Å². The van der Waals surface area contributed by atoms with Gasteiger partial charge in [-0.1, -0.05) is 24.4 Å². The Morgan fingerprint density at radius 1 is 1.42 bits per heavy atom. The SMILES string of the molecule is NCC1(CC(=O)NCCc2ncno2)CCCCC1. The van der Waals surface area contributed by atoms with Crippen LogP contribution in [0.15, 0.2) is 10.9 Å². The molecule has 6 nitrogen and oxygen atoms in total. The number of nitrogens with one attached hydrogen (secondary N) is 1. The van der Waals surface area contributed by atoms with Gasteiger partial charge in [0.25, 0.3) is 0 Å². The van der Waals surface area contributed by atoms with Crippen molar-refractivity contribution >= 4 is 5.91 Å². The van der Waals surface area contributed by atoms with Crippen molar-refractivity contribution in [3.63, 3.8) is 0 Å². The van der Waals surface area contributed by atoms with Crippen LogP contribution >= 0.6 is 0 Å². The molecule has 6 heteroatoms. The van der Waals surface area contributed by atoms with Crippen LogP contribution in [0.2, 0.25) is 0 Å². The highest BCUT2D eigenvalue weighted by atomic mass is 16.5. The van der Waals surface area contributed by atoms with Gasteiger partial charge >= 0.3 is 0 Å². The molecule has 0 spiro atoms. The summed E-state index contributed by atoms with van der Waals surface area (Å²) >= 11 is 0. The summed E-state index contributed by atoms with van der Waals surface area (Å²) in [5.41, 5.74) is 5.90. The molecule has 1 aliphatic rings. The number of hydrogen-bond donors (Lipinski definition) is 2. The lowest BCUT2D eigenvalue weighted by atomic mass is 9.71. The lowest BCUT2D eigenvalue weighted by Gasteiger charge is -2.35. The Morgan fingerprint density at radius 3 is 2.84 bits per heavy atom. The van der Waals surface area contributed by atoms with Gasteiger partial charge in [-0.2, -0.15) is 4.98 Å². The second-order valence-electron chi connectivity index (χ2n) is 5.38. The van der Waals surface area contributed by atoms with Crippen LogP contribution in [0.25, 0.3) is 0 Å². The predicted octanol–water partition coefficient (Wildman–Crippen LogP) is 1.03. The van der Waals surface area contributed by atoms with Gasteiger partial charge < -0.3 is 15.6 Å². The van der Waals surface area contributed by atoms with E-state index in [4.69, 9.17) is 10.3 Å². The summed E-state index contributed by atoms with van der Waals surface area (Å²) in [4.78, 5) is 15.9. The molecule has 1 amide bonds. The average Bonchev–Trinajstić information content (AvgIpc) is 2.93. The molecule has 1 heterocycles. The molecule has 1 aromatic heterocycles. The van der Waals surface area contributed by atoms with Gasteiger partial charge in [0.15, 0.2) is 6.33 Å². The summed E-state index contributed by atoms with van der Waals surface area (Å²) in [5, 5.41) is 6.43. The molecule has 1 saturated carbocycles. The molecule has 1 aliphatic carbocycles. The zero-order valence-electron chi connectivity index (χ0n) is 11.2. The Hall–Kier alpha value is -1.43. The van der Waals surface area contributed by atoms with Crippen LogP contribution in [0, 0.1) is 5.41 Å². The highest BCUT2D eigenvalue weighted by Gasteiger charge is 2.32. The number of carbonyl (C=O) groups excluding carboxylic acids is 1. The van der Waals surface area contributed by atoms with E-state index >= 15 is 0 Å². The fraction of sp³-hybridized carbons (Fsp3) is 0.769. The molecule has 0 bridgehead atoms. The van der Waals surface area contributed by atoms with Gasteiger partial charge in [0, 0.05) is 19.4 Å². The Bertz CT molecular complexity index is 385. The zero-order valence-corrected chi connectivity index (χ0v) is 11.2. The van der Waals surface area contributed by atoms with Gasteiger partial charge in [0.2, 0.25) is 11.8 Å². The van der Waals surface area contributed by atoms with E-state index in [1.165, 1.54) is 25.6 Å². The van der Waals surface area contributed by atoms with Crippen LogP contribution in [0.3, 0.4) is 0 Å². The van der Waals surface area contributed by atoms with Crippen LogP contribution in [0.1, 0.15) is 44.4 Å². The van der Waals surface area contributed by atoms with Gasteiger partial charge in [-0.05, 0) is 24.8 Å². The Kier molecular flexibility index (Phi) is 4.90. The first-order chi connectivity index (χ1) is 9.24. The molecule has 2 rings (SSSR count). The molecule has 3 N–H and O–H groups in total. The largest absolute Gasteiger partial charge is 0.356 e. The van der Waals surface area contributed by atoms with Gasteiger partial charge in [0.1, 0.15) is 0 Å². The Balaban J connectivity index is 1.73. The summed E-state index contributed by atoms with van der Waals surface area (Å²) in [7, 11) is 0. The van der Waals surface area contributed by atoms with Gasteiger partial charge in [0.05, 0.1) is 0 Å². The maximum absolute atomic E-state index is 12.0. The van der Waals surface area contributed by atoms with Gasteiger partial charge in [-0.15, -0.1) is 0 Å². The van der Waals surface area contributed by atoms with Crippen molar-refractivity contribution in [2.75, 3.05) is 13.1 Å². The average molecular weight is 266 g/mol. The highest BCUT2D eigenvalue weighted by molar-refractivity contribution is 5.76. The van der Waals surface area contributed by atoms with E-state index in [9.17, 15) is 4.79 Å². The highest BCUT2D eigenvalue weighted by Crippen LogP contribution is 2.38. The minimum atomic E-state index is 0.0207. The molecule has 1 aromatic rings. The number of rotatable bonds is 6. The normalized spacial score (nSPS) is 18.2. The second-order valence-corrected chi connectivity index (χ2v) is 5.38. The molecule has 0 atom stereocenters. The number of carbonyl (C=O) groups is 1. The van der Waals surface area contributed by atoms with Crippen molar-refractivity contribution in [2.24, 2.45) is 11.1 Å². The van der Waals surface area contributed by atoms with Gasteiger partial charge in [-0.3, -0.25) is 4.79 Å². The summed E-state index contributed by atoms with van der Waals surface area (Å²) in [6.45, 7) is 1.13.